The van der Waals surface area contributed by atoms with Crippen LogP contribution in [0.1, 0.15) is 18.4 Å². The molecule has 0 radical (unpaired) electrons. The number of benzene rings is 1. The standard InChI is InChI=1S/C13H19NOS/c1-11-3-2-4-12(9-11)16-13(10-15)5-7-14-8-6-13/h2-4,9,14-15H,5-8,10H2,1H3. The quantitative estimate of drug-likeness (QED) is 0.845. The van der Waals surface area contributed by atoms with Gasteiger partial charge in [0.05, 0.1) is 6.61 Å². The summed E-state index contributed by atoms with van der Waals surface area (Å²) in [7, 11) is 0. The molecule has 16 heavy (non-hydrogen) atoms. The maximum absolute atomic E-state index is 9.62. The second kappa shape index (κ2) is 5.21. The Hall–Kier alpha value is -0.510. The third kappa shape index (κ3) is 2.78. The molecule has 0 spiro atoms. The average molecular weight is 237 g/mol. The highest BCUT2D eigenvalue weighted by Gasteiger charge is 2.32. The monoisotopic (exact) mass is 237 g/mol. The molecular weight excluding hydrogens is 218 g/mol. The predicted octanol–water partition coefficient (Wildman–Crippen LogP) is 2.20. The minimum Gasteiger partial charge on any atom is -0.395 e. The molecule has 88 valence electrons. The largest absolute Gasteiger partial charge is 0.395 e. The fourth-order valence-electron chi connectivity index (χ4n) is 2.10. The van der Waals surface area contributed by atoms with E-state index in [0.717, 1.165) is 25.9 Å². The Morgan fingerprint density at radius 2 is 2.12 bits per heavy atom. The molecule has 1 aliphatic rings. The van der Waals surface area contributed by atoms with Crippen LogP contribution < -0.4 is 5.32 Å². The zero-order chi connectivity index (χ0) is 11.4. The van der Waals surface area contributed by atoms with E-state index in [1.54, 1.807) is 0 Å². The molecule has 0 unspecified atom stereocenters. The van der Waals surface area contributed by atoms with E-state index in [2.05, 4.69) is 36.5 Å². The van der Waals surface area contributed by atoms with Crippen LogP contribution in [0, 0.1) is 6.92 Å². The normalized spacial score (nSPS) is 19.6. The van der Waals surface area contributed by atoms with E-state index in [9.17, 15) is 5.11 Å². The number of hydrogen-bond donors (Lipinski definition) is 2. The Labute approximate surface area is 101 Å². The van der Waals surface area contributed by atoms with Gasteiger partial charge in [0.1, 0.15) is 0 Å². The zero-order valence-electron chi connectivity index (χ0n) is 9.70. The molecule has 0 amide bonds. The Kier molecular flexibility index (Phi) is 3.90. The van der Waals surface area contributed by atoms with E-state index in [1.807, 2.05) is 11.8 Å². The Balaban J connectivity index is 2.11. The number of rotatable bonds is 3. The molecule has 2 nitrogen and oxygen atoms in total. The summed E-state index contributed by atoms with van der Waals surface area (Å²) in [6.07, 6.45) is 2.09. The number of aryl methyl sites for hydroxylation is 1. The summed E-state index contributed by atoms with van der Waals surface area (Å²) in [4.78, 5) is 1.27. The first-order chi connectivity index (χ1) is 7.74. The number of nitrogens with one attached hydrogen (secondary N) is 1. The van der Waals surface area contributed by atoms with Gasteiger partial charge >= 0.3 is 0 Å². The molecule has 1 aromatic carbocycles. The molecule has 2 rings (SSSR count). The first kappa shape index (κ1) is 12.0. The summed E-state index contributed by atoms with van der Waals surface area (Å²) in [6.45, 7) is 4.41. The molecule has 2 N–H and O–H groups in total. The minimum absolute atomic E-state index is 0.0268. The van der Waals surface area contributed by atoms with Gasteiger partial charge in [-0.3, -0.25) is 0 Å². The average Bonchev–Trinajstić information content (AvgIpc) is 2.30. The predicted molar refractivity (Wildman–Crippen MR) is 69.0 cm³/mol. The van der Waals surface area contributed by atoms with E-state index < -0.39 is 0 Å². The smallest absolute Gasteiger partial charge is 0.0582 e. The van der Waals surface area contributed by atoms with Crippen LogP contribution in [0.15, 0.2) is 29.2 Å². The van der Waals surface area contributed by atoms with Crippen LogP contribution >= 0.6 is 11.8 Å². The lowest BCUT2D eigenvalue weighted by Gasteiger charge is -2.35. The fourth-order valence-corrected chi connectivity index (χ4v) is 3.47. The molecule has 0 aliphatic carbocycles. The van der Waals surface area contributed by atoms with Crippen molar-refractivity contribution in [2.75, 3.05) is 19.7 Å². The third-order valence-electron chi connectivity index (χ3n) is 3.13. The summed E-state index contributed by atoms with van der Waals surface area (Å²) in [5.74, 6) is 0. The first-order valence-electron chi connectivity index (χ1n) is 5.81. The van der Waals surface area contributed by atoms with Crippen molar-refractivity contribution in [3.05, 3.63) is 29.8 Å². The Morgan fingerprint density at radius 1 is 1.38 bits per heavy atom. The van der Waals surface area contributed by atoms with Gasteiger partial charge in [0, 0.05) is 9.64 Å². The lowest BCUT2D eigenvalue weighted by molar-refractivity contribution is 0.219. The number of piperidine rings is 1. The van der Waals surface area contributed by atoms with Crippen molar-refractivity contribution in [3.63, 3.8) is 0 Å². The van der Waals surface area contributed by atoms with Crippen LogP contribution in [0.5, 0.6) is 0 Å². The van der Waals surface area contributed by atoms with Crippen molar-refractivity contribution in [2.45, 2.75) is 29.4 Å². The number of hydrogen-bond acceptors (Lipinski definition) is 3. The highest BCUT2D eigenvalue weighted by molar-refractivity contribution is 8.00. The maximum Gasteiger partial charge on any atom is 0.0582 e. The minimum atomic E-state index is 0.0268. The SMILES string of the molecule is Cc1cccc(SC2(CO)CCNCC2)c1. The summed E-state index contributed by atoms with van der Waals surface area (Å²) >= 11 is 1.84. The molecule has 1 aliphatic heterocycles. The fraction of sp³-hybridized carbons (Fsp3) is 0.538. The van der Waals surface area contributed by atoms with Gasteiger partial charge < -0.3 is 10.4 Å². The summed E-state index contributed by atoms with van der Waals surface area (Å²) < 4.78 is 0.0268. The second-order valence-electron chi connectivity index (χ2n) is 4.51. The van der Waals surface area contributed by atoms with Gasteiger partial charge in [0.25, 0.3) is 0 Å². The van der Waals surface area contributed by atoms with E-state index in [4.69, 9.17) is 0 Å². The van der Waals surface area contributed by atoms with Gasteiger partial charge in [-0.1, -0.05) is 17.7 Å². The molecule has 1 fully saturated rings. The van der Waals surface area contributed by atoms with E-state index >= 15 is 0 Å². The van der Waals surface area contributed by atoms with Crippen LogP contribution in [0.2, 0.25) is 0 Å². The van der Waals surface area contributed by atoms with Crippen molar-refractivity contribution in [1.29, 1.82) is 0 Å². The Bertz CT molecular complexity index is 348. The van der Waals surface area contributed by atoms with Gasteiger partial charge in [-0.25, -0.2) is 0 Å². The highest BCUT2D eigenvalue weighted by Crippen LogP contribution is 2.39. The van der Waals surface area contributed by atoms with Crippen molar-refractivity contribution >= 4 is 11.8 Å². The molecule has 0 bridgehead atoms. The Morgan fingerprint density at radius 3 is 2.75 bits per heavy atom. The van der Waals surface area contributed by atoms with Gasteiger partial charge in [-0.2, -0.15) is 0 Å². The molecule has 1 saturated heterocycles. The lowest BCUT2D eigenvalue weighted by Crippen LogP contribution is -2.42. The number of thioether (sulfide) groups is 1. The molecule has 0 saturated carbocycles. The van der Waals surface area contributed by atoms with E-state index in [0.29, 0.717) is 0 Å². The topological polar surface area (TPSA) is 32.3 Å². The van der Waals surface area contributed by atoms with Crippen LogP contribution in [0.3, 0.4) is 0 Å². The maximum atomic E-state index is 9.62. The molecule has 0 atom stereocenters. The zero-order valence-corrected chi connectivity index (χ0v) is 10.5. The van der Waals surface area contributed by atoms with Gasteiger partial charge in [-0.05, 0) is 45.0 Å². The molecule has 3 heteroatoms. The van der Waals surface area contributed by atoms with Crippen molar-refractivity contribution in [1.82, 2.24) is 5.32 Å². The molecule has 1 heterocycles. The van der Waals surface area contributed by atoms with E-state index in [-0.39, 0.29) is 11.4 Å². The summed E-state index contributed by atoms with van der Waals surface area (Å²) in [5.41, 5.74) is 1.28. The molecular formula is C13H19NOS. The number of aliphatic hydroxyl groups is 1. The molecule has 1 aromatic rings. The third-order valence-corrected chi connectivity index (χ3v) is 4.59. The number of aliphatic hydroxyl groups excluding tert-OH is 1. The van der Waals surface area contributed by atoms with Crippen LogP contribution in [0.25, 0.3) is 0 Å². The van der Waals surface area contributed by atoms with Crippen LogP contribution in [-0.2, 0) is 0 Å². The molecule has 0 aromatic heterocycles. The summed E-state index contributed by atoms with van der Waals surface area (Å²) in [5, 5.41) is 13.0. The van der Waals surface area contributed by atoms with Crippen molar-refractivity contribution in [3.8, 4) is 0 Å². The van der Waals surface area contributed by atoms with E-state index in [1.165, 1.54) is 10.5 Å². The highest BCUT2D eigenvalue weighted by atomic mass is 32.2. The lowest BCUT2D eigenvalue weighted by atomic mass is 9.98. The van der Waals surface area contributed by atoms with Crippen molar-refractivity contribution < 1.29 is 5.11 Å². The first-order valence-corrected chi connectivity index (χ1v) is 6.63. The van der Waals surface area contributed by atoms with Gasteiger partial charge in [0.2, 0.25) is 0 Å². The second-order valence-corrected chi connectivity index (χ2v) is 6.05. The van der Waals surface area contributed by atoms with Crippen LogP contribution in [0.4, 0.5) is 0 Å². The van der Waals surface area contributed by atoms with Gasteiger partial charge in [0.15, 0.2) is 0 Å². The van der Waals surface area contributed by atoms with Crippen molar-refractivity contribution in [2.24, 2.45) is 0 Å². The van der Waals surface area contributed by atoms with Crippen LogP contribution in [-0.4, -0.2) is 29.5 Å². The summed E-state index contributed by atoms with van der Waals surface area (Å²) in [6, 6.07) is 8.53. The van der Waals surface area contributed by atoms with Gasteiger partial charge in [-0.15, -0.1) is 11.8 Å².